The van der Waals surface area contributed by atoms with E-state index in [4.69, 9.17) is 0 Å². The van der Waals surface area contributed by atoms with Crippen LogP contribution in [0.1, 0.15) is 25.6 Å². The predicted octanol–water partition coefficient (Wildman–Crippen LogP) is 2.64. The molecule has 0 aliphatic carbocycles. The first-order valence-electron chi connectivity index (χ1n) is 6.69. The number of benzene rings is 1. The summed E-state index contributed by atoms with van der Waals surface area (Å²) in [6.45, 7) is 3.03. The fourth-order valence-corrected chi connectivity index (χ4v) is 2.76. The number of nitrogens with one attached hydrogen (secondary N) is 1. The Balaban J connectivity index is 1.68. The van der Waals surface area contributed by atoms with Crippen LogP contribution in [0, 0.1) is 0 Å². The van der Waals surface area contributed by atoms with Crippen LogP contribution >= 0.6 is 11.8 Å². The van der Waals surface area contributed by atoms with Crippen molar-refractivity contribution in [2.75, 3.05) is 0 Å². The molecule has 7 heteroatoms. The molecule has 6 nitrogen and oxygen atoms in total. The molecule has 1 N–H and O–H groups in total. The minimum absolute atomic E-state index is 0.719. The summed E-state index contributed by atoms with van der Waals surface area (Å²) < 4.78 is 1.87. The van der Waals surface area contributed by atoms with Crippen molar-refractivity contribution in [1.29, 1.82) is 0 Å². The van der Waals surface area contributed by atoms with Crippen molar-refractivity contribution >= 4 is 22.8 Å². The maximum Gasteiger partial charge on any atom is 0.166 e. The number of imidazole rings is 1. The average Bonchev–Trinajstić information content (AvgIpc) is 3.08. The van der Waals surface area contributed by atoms with Crippen molar-refractivity contribution < 1.29 is 0 Å². The SMILES string of the molecule is CCCCn1nnnc1CSc1nc2ccccc2[nH]1. The van der Waals surface area contributed by atoms with Crippen LogP contribution in [0.2, 0.25) is 0 Å². The summed E-state index contributed by atoms with van der Waals surface area (Å²) in [5, 5.41) is 12.7. The van der Waals surface area contributed by atoms with Gasteiger partial charge in [0.05, 0.1) is 16.8 Å². The monoisotopic (exact) mass is 288 g/mol. The lowest BCUT2D eigenvalue weighted by Gasteiger charge is -2.01. The van der Waals surface area contributed by atoms with Crippen molar-refractivity contribution in [3.8, 4) is 0 Å². The third-order valence-electron chi connectivity index (χ3n) is 3.04. The molecule has 0 atom stereocenters. The van der Waals surface area contributed by atoms with Gasteiger partial charge >= 0.3 is 0 Å². The zero-order valence-corrected chi connectivity index (χ0v) is 12.1. The molecule has 0 saturated carbocycles. The highest BCUT2D eigenvalue weighted by Crippen LogP contribution is 2.21. The molecule has 3 aromatic rings. The zero-order chi connectivity index (χ0) is 13.8. The van der Waals surface area contributed by atoms with Gasteiger partial charge in [-0.1, -0.05) is 37.2 Å². The number of fused-ring (bicyclic) bond motifs is 1. The molecule has 0 amide bonds. The van der Waals surface area contributed by atoms with Gasteiger partial charge in [0.2, 0.25) is 0 Å². The summed E-state index contributed by atoms with van der Waals surface area (Å²) in [6.07, 6.45) is 2.23. The predicted molar refractivity (Wildman–Crippen MR) is 78.4 cm³/mol. The molecule has 104 valence electrons. The molecule has 2 heterocycles. The van der Waals surface area contributed by atoms with Crippen LogP contribution in [0.15, 0.2) is 29.4 Å². The number of tetrazole rings is 1. The van der Waals surface area contributed by atoms with Crippen molar-refractivity contribution in [1.82, 2.24) is 30.2 Å². The Hall–Kier alpha value is -1.89. The summed E-state index contributed by atoms with van der Waals surface area (Å²) in [5.74, 6) is 1.61. The van der Waals surface area contributed by atoms with E-state index in [0.29, 0.717) is 0 Å². The van der Waals surface area contributed by atoms with E-state index in [9.17, 15) is 0 Å². The van der Waals surface area contributed by atoms with Gasteiger partial charge in [-0.2, -0.15) is 0 Å². The third kappa shape index (κ3) is 2.82. The highest BCUT2D eigenvalue weighted by Gasteiger charge is 2.08. The quantitative estimate of drug-likeness (QED) is 0.706. The average molecular weight is 288 g/mol. The van der Waals surface area contributed by atoms with Crippen LogP contribution in [-0.2, 0) is 12.3 Å². The van der Waals surface area contributed by atoms with Crippen molar-refractivity contribution in [3.63, 3.8) is 0 Å². The lowest BCUT2D eigenvalue weighted by molar-refractivity contribution is 0.540. The Labute approximate surface area is 121 Å². The van der Waals surface area contributed by atoms with E-state index in [-0.39, 0.29) is 0 Å². The second-order valence-electron chi connectivity index (χ2n) is 4.52. The lowest BCUT2D eigenvalue weighted by atomic mass is 10.3. The van der Waals surface area contributed by atoms with Gasteiger partial charge in [0.15, 0.2) is 11.0 Å². The summed E-state index contributed by atoms with van der Waals surface area (Å²) >= 11 is 1.62. The molecule has 20 heavy (non-hydrogen) atoms. The number of nitrogens with zero attached hydrogens (tertiary/aromatic N) is 5. The minimum Gasteiger partial charge on any atom is -0.333 e. The van der Waals surface area contributed by atoms with Gasteiger partial charge in [0, 0.05) is 6.54 Å². The number of aromatic nitrogens is 6. The van der Waals surface area contributed by atoms with E-state index in [1.165, 1.54) is 0 Å². The van der Waals surface area contributed by atoms with Crippen molar-refractivity contribution in [2.24, 2.45) is 0 Å². The maximum absolute atomic E-state index is 4.53. The topological polar surface area (TPSA) is 72.3 Å². The second kappa shape index (κ2) is 6.04. The zero-order valence-electron chi connectivity index (χ0n) is 11.3. The Kier molecular flexibility index (Phi) is 3.96. The summed E-state index contributed by atoms with van der Waals surface area (Å²) in [7, 11) is 0. The van der Waals surface area contributed by atoms with E-state index in [1.807, 2.05) is 28.9 Å². The van der Waals surface area contributed by atoms with Crippen LogP contribution < -0.4 is 0 Å². The van der Waals surface area contributed by atoms with Gasteiger partial charge in [-0.3, -0.25) is 0 Å². The van der Waals surface area contributed by atoms with Gasteiger partial charge in [-0.05, 0) is 29.0 Å². The molecular formula is C13H16N6S. The number of hydrogen-bond donors (Lipinski definition) is 1. The van der Waals surface area contributed by atoms with Crippen molar-refractivity contribution in [3.05, 3.63) is 30.1 Å². The largest absolute Gasteiger partial charge is 0.333 e. The molecule has 0 bridgehead atoms. The van der Waals surface area contributed by atoms with E-state index in [1.54, 1.807) is 11.8 Å². The fraction of sp³-hybridized carbons (Fsp3) is 0.385. The van der Waals surface area contributed by atoms with E-state index < -0.39 is 0 Å². The van der Waals surface area contributed by atoms with Crippen molar-refractivity contribution in [2.45, 2.75) is 37.2 Å². The van der Waals surface area contributed by atoms with Gasteiger partial charge in [-0.25, -0.2) is 9.67 Å². The first kappa shape index (κ1) is 13.1. The van der Waals surface area contributed by atoms with Crippen LogP contribution in [0.3, 0.4) is 0 Å². The Bertz CT molecular complexity index is 656. The standard InChI is InChI=1S/C13H16N6S/c1-2-3-8-19-12(16-17-18-19)9-20-13-14-10-6-4-5-7-11(10)15-13/h4-7H,2-3,8-9H2,1H3,(H,14,15). The highest BCUT2D eigenvalue weighted by atomic mass is 32.2. The first-order chi connectivity index (χ1) is 9.86. The van der Waals surface area contributed by atoms with Crippen LogP contribution in [0.5, 0.6) is 0 Å². The molecule has 0 radical (unpaired) electrons. The first-order valence-corrected chi connectivity index (χ1v) is 7.68. The van der Waals surface area contributed by atoms with E-state index in [0.717, 1.165) is 47.2 Å². The molecule has 0 unspecified atom stereocenters. The van der Waals surface area contributed by atoms with Crippen LogP contribution in [0.25, 0.3) is 11.0 Å². The molecule has 0 saturated heterocycles. The number of aryl methyl sites for hydroxylation is 1. The molecule has 1 aromatic carbocycles. The number of aromatic amines is 1. The summed E-state index contributed by atoms with van der Waals surface area (Å²) in [6, 6.07) is 8.02. The number of para-hydroxylation sites is 2. The molecule has 3 rings (SSSR count). The molecule has 2 aromatic heterocycles. The number of H-pyrrole nitrogens is 1. The molecule has 0 aliphatic heterocycles. The number of rotatable bonds is 6. The normalized spacial score (nSPS) is 11.2. The Morgan fingerprint density at radius 1 is 1.30 bits per heavy atom. The second-order valence-corrected chi connectivity index (χ2v) is 5.48. The molecule has 0 fully saturated rings. The maximum atomic E-state index is 4.53. The fourth-order valence-electron chi connectivity index (χ4n) is 1.94. The smallest absolute Gasteiger partial charge is 0.166 e. The minimum atomic E-state index is 0.719. The van der Waals surface area contributed by atoms with Gasteiger partial charge < -0.3 is 4.98 Å². The highest BCUT2D eigenvalue weighted by molar-refractivity contribution is 7.98. The van der Waals surface area contributed by atoms with Gasteiger partial charge in [0.25, 0.3) is 0 Å². The summed E-state index contributed by atoms with van der Waals surface area (Å²) in [4.78, 5) is 7.83. The third-order valence-corrected chi connectivity index (χ3v) is 3.90. The van der Waals surface area contributed by atoms with E-state index in [2.05, 4.69) is 32.4 Å². The van der Waals surface area contributed by atoms with E-state index >= 15 is 0 Å². The van der Waals surface area contributed by atoms with Gasteiger partial charge in [0.1, 0.15) is 0 Å². The van der Waals surface area contributed by atoms with Crippen LogP contribution in [0.4, 0.5) is 0 Å². The molecule has 0 spiro atoms. The number of unbranched alkanes of at least 4 members (excludes halogenated alkanes) is 1. The Morgan fingerprint density at radius 2 is 2.20 bits per heavy atom. The number of thioether (sulfide) groups is 1. The Morgan fingerprint density at radius 3 is 3.05 bits per heavy atom. The molecule has 0 aliphatic rings. The lowest BCUT2D eigenvalue weighted by Crippen LogP contribution is -2.05. The van der Waals surface area contributed by atoms with Crippen LogP contribution in [-0.4, -0.2) is 30.2 Å². The van der Waals surface area contributed by atoms with Gasteiger partial charge in [-0.15, -0.1) is 5.10 Å². The summed E-state index contributed by atoms with van der Waals surface area (Å²) in [5.41, 5.74) is 2.04. The number of hydrogen-bond acceptors (Lipinski definition) is 5. The molecular weight excluding hydrogens is 272 g/mol.